The van der Waals surface area contributed by atoms with Crippen molar-refractivity contribution in [3.63, 3.8) is 0 Å². The standard InChI is InChI=1S/C18H14Cl2O4S/c1-24-18(21)13-6-7-25(22,23)17-5-3-11(8-14(17)9-13)12-2-4-15(19)16(20)10-12/h2-5,8-10H,6-7H2,1H3. The molecule has 0 radical (unpaired) electrons. The molecule has 0 amide bonds. The van der Waals surface area contributed by atoms with Crippen LogP contribution in [0.2, 0.25) is 10.0 Å². The molecule has 1 heterocycles. The summed E-state index contributed by atoms with van der Waals surface area (Å²) in [5.41, 5.74) is 2.36. The Morgan fingerprint density at radius 3 is 2.40 bits per heavy atom. The summed E-state index contributed by atoms with van der Waals surface area (Å²) in [6, 6.07) is 10.2. The van der Waals surface area contributed by atoms with Crippen LogP contribution in [-0.2, 0) is 19.4 Å². The summed E-state index contributed by atoms with van der Waals surface area (Å²) in [5, 5.41) is 0.850. The van der Waals surface area contributed by atoms with Gasteiger partial charge in [0.2, 0.25) is 0 Å². The van der Waals surface area contributed by atoms with Crippen LogP contribution in [0.3, 0.4) is 0 Å². The van der Waals surface area contributed by atoms with E-state index in [0.29, 0.717) is 21.2 Å². The molecule has 7 heteroatoms. The van der Waals surface area contributed by atoms with Crippen molar-refractivity contribution in [1.82, 2.24) is 0 Å². The quantitative estimate of drug-likeness (QED) is 0.705. The molecule has 0 saturated heterocycles. The third-order valence-corrected chi connectivity index (χ3v) is 6.54. The van der Waals surface area contributed by atoms with E-state index in [4.69, 9.17) is 27.9 Å². The molecule has 0 N–H and O–H groups in total. The molecule has 0 spiro atoms. The summed E-state index contributed by atoms with van der Waals surface area (Å²) >= 11 is 12.0. The van der Waals surface area contributed by atoms with Crippen LogP contribution < -0.4 is 0 Å². The second kappa shape index (κ2) is 6.83. The molecule has 0 atom stereocenters. The number of benzene rings is 2. The second-order valence-corrected chi connectivity index (χ2v) is 8.50. The Morgan fingerprint density at radius 2 is 1.72 bits per heavy atom. The van der Waals surface area contributed by atoms with Gasteiger partial charge in [-0.3, -0.25) is 0 Å². The fourth-order valence-electron chi connectivity index (χ4n) is 2.71. The first-order chi connectivity index (χ1) is 11.8. The molecule has 130 valence electrons. The summed E-state index contributed by atoms with van der Waals surface area (Å²) in [6.45, 7) is 0. The number of carbonyl (C=O) groups is 1. The first kappa shape index (κ1) is 18.0. The molecule has 1 aliphatic rings. The normalized spacial score (nSPS) is 15.7. The molecular formula is C18H14Cl2O4S. The van der Waals surface area contributed by atoms with Gasteiger partial charge in [0.25, 0.3) is 0 Å². The number of hydrogen-bond donors (Lipinski definition) is 0. The molecule has 0 aromatic heterocycles. The number of methoxy groups -OCH3 is 1. The molecule has 0 saturated carbocycles. The lowest BCUT2D eigenvalue weighted by molar-refractivity contribution is -0.136. The van der Waals surface area contributed by atoms with E-state index in [0.717, 1.165) is 11.1 Å². The molecular weight excluding hydrogens is 383 g/mol. The van der Waals surface area contributed by atoms with Crippen molar-refractivity contribution in [2.24, 2.45) is 0 Å². The fraction of sp³-hybridized carbons (Fsp3) is 0.167. The van der Waals surface area contributed by atoms with Gasteiger partial charge in [0.1, 0.15) is 0 Å². The average molecular weight is 397 g/mol. The first-order valence-electron chi connectivity index (χ1n) is 7.43. The maximum atomic E-state index is 12.5. The highest BCUT2D eigenvalue weighted by Crippen LogP contribution is 2.33. The minimum absolute atomic E-state index is 0.117. The summed E-state index contributed by atoms with van der Waals surface area (Å²) in [5.74, 6) is -0.657. The first-order valence-corrected chi connectivity index (χ1v) is 9.84. The summed E-state index contributed by atoms with van der Waals surface area (Å²) in [7, 11) is -2.20. The van der Waals surface area contributed by atoms with Gasteiger partial charge in [-0.05, 0) is 53.5 Å². The number of carbonyl (C=O) groups excluding carboxylic acids is 1. The van der Waals surface area contributed by atoms with E-state index in [1.807, 2.05) is 0 Å². The lowest BCUT2D eigenvalue weighted by Crippen LogP contribution is -2.09. The lowest BCUT2D eigenvalue weighted by Gasteiger charge is -2.09. The number of sulfone groups is 1. The van der Waals surface area contributed by atoms with Gasteiger partial charge in [0.05, 0.1) is 27.8 Å². The van der Waals surface area contributed by atoms with Gasteiger partial charge in [0, 0.05) is 5.57 Å². The summed E-state index contributed by atoms with van der Waals surface area (Å²) in [6.07, 6.45) is 1.69. The molecule has 0 unspecified atom stereocenters. The van der Waals surface area contributed by atoms with Crippen LogP contribution in [0.1, 0.15) is 12.0 Å². The van der Waals surface area contributed by atoms with Crippen LogP contribution in [0.4, 0.5) is 0 Å². The number of hydrogen-bond acceptors (Lipinski definition) is 4. The molecule has 2 aromatic carbocycles. The highest BCUT2D eigenvalue weighted by atomic mass is 35.5. The molecule has 2 aromatic rings. The topological polar surface area (TPSA) is 60.4 Å². The van der Waals surface area contributed by atoms with Gasteiger partial charge in [0.15, 0.2) is 9.84 Å². The molecule has 4 nitrogen and oxygen atoms in total. The van der Waals surface area contributed by atoms with Crippen molar-refractivity contribution in [1.29, 1.82) is 0 Å². The maximum absolute atomic E-state index is 12.5. The van der Waals surface area contributed by atoms with Crippen LogP contribution in [0.5, 0.6) is 0 Å². The van der Waals surface area contributed by atoms with Crippen molar-refractivity contribution < 1.29 is 17.9 Å². The summed E-state index contributed by atoms with van der Waals surface area (Å²) < 4.78 is 29.7. The van der Waals surface area contributed by atoms with Gasteiger partial charge in [-0.1, -0.05) is 35.3 Å². The van der Waals surface area contributed by atoms with Gasteiger partial charge in [-0.2, -0.15) is 0 Å². The Kier molecular flexibility index (Phi) is 4.91. The van der Waals surface area contributed by atoms with E-state index in [2.05, 4.69) is 0 Å². The van der Waals surface area contributed by atoms with Gasteiger partial charge in [-0.15, -0.1) is 0 Å². The molecule has 0 bridgehead atoms. The average Bonchev–Trinajstić information content (AvgIpc) is 2.72. The smallest absolute Gasteiger partial charge is 0.333 e. The third kappa shape index (κ3) is 3.59. The SMILES string of the molecule is COC(=O)C1=Cc2cc(-c3ccc(Cl)c(Cl)c3)ccc2S(=O)(=O)CC1. The zero-order valence-corrected chi connectivity index (χ0v) is 15.6. The van der Waals surface area contributed by atoms with Crippen molar-refractivity contribution >= 4 is 45.1 Å². The number of rotatable bonds is 2. The van der Waals surface area contributed by atoms with Crippen LogP contribution in [0.25, 0.3) is 17.2 Å². The zero-order valence-electron chi connectivity index (χ0n) is 13.3. The minimum atomic E-state index is -3.47. The Morgan fingerprint density at radius 1 is 1.04 bits per heavy atom. The Hall–Kier alpha value is -1.82. The molecule has 0 fully saturated rings. The maximum Gasteiger partial charge on any atom is 0.333 e. The van der Waals surface area contributed by atoms with Crippen LogP contribution in [0.15, 0.2) is 46.9 Å². The van der Waals surface area contributed by atoms with Gasteiger partial charge >= 0.3 is 5.97 Å². The molecule has 0 aliphatic carbocycles. The highest BCUT2D eigenvalue weighted by Gasteiger charge is 2.25. The second-order valence-electron chi connectivity index (χ2n) is 5.61. The molecule has 1 aliphatic heterocycles. The van der Waals surface area contributed by atoms with Gasteiger partial charge in [-0.25, -0.2) is 13.2 Å². The Labute approximate surface area is 155 Å². The lowest BCUT2D eigenvalue weighted by atomic mass is 10.0. The Bertz CT molecular complexity index is 994. The summed E-state index contributed by atoms with van der Waals surface area (Å²) in [4.78, 5) is 12.1. The predicted octanol–water partition coefficient (Wildman–Crippen LogP) is 4.39. The van der Waals surface area contributed by atoms with Crippen LogP contribution in [-0.4, -0.2) is 27.2 Å². The van der Waals surface area contributed by atoms with Gasteiger partial charge < -0.3 is 4.74 Å². The molecule has 3 rings (SSSR count). The van der Waals surface area contributed by atoms with Crippen molar-refractivity contribution in [3.05, 3.63) is 57.6 Å². The minimum Gasteiger partial charge on any atom is -0.466 e. The third-order valence-electron chi connectivity index (χ3n) is 4.02. The number of esters is 1. The van der Waals surface area contributed by atoms with E-state index in [1.54, 1.807) is 42.5 Å². The van der Waals surface area contributed by atoms with Crippen LogP contribution >= 0.6 is 23.2 Å². The highest BCUT2D eigenvalue weighted by molar-refractivity contribution is 7.91. The number of fused-ring (bicyclic) bond motifs is 1. The van der Waals surface area contributed by atoms with E-state index >= 15 is 0 Å². The van der Waals surface area contributed by atoms with Crippen molar-refractivity contribution in [2.45, 2.75) is 11.3 Å². The number of halogens is 2. The Balaban J connectivity index is 2.17. The predicted molar refractivity (Wildman–Crippen MR) is 98.6 cm³/mol. The zero-order chi connectivity index (χ0) is 18.2. The van der Waals surface area contributed by atoms with Crippen molar-refractivity contribution in [3.8, 4) is 11.1 Å². The fourth-order valence-corrected chi connectivity index (χ4v) is 4.46. The van der Waals surface area contributed by atoms with Crippen LogP contribution in [0, 0.1) is 0 Å². The monoisotopic (exact) mass is 396 g/mol. The largest absolute Gasteiger partial charge is 0.466 e. The van der Waals surface area contributed by atoms with E-state index < -0.39 is 15.8 Å². The van der Waals surface area contributed by atoms with Crippen molar-refractivity contribution in [2.75, 3.05) is 12.9 Å². The molecule has 25 heavy (non-hydrogen) atoms. The van der Waals surface area contributed by atoms with E-state index in [9.17, 15) is 13.2 Å². The van der Waals surface area contributed by atoms with E-state index in [-0.39, 0.29) is 17.1 Å². The number of ether oxygens (including phenoxy) is 1. The van der Waals surface area contributed by atoms with E-state index in [1.165, 1.54) is 7.11 Å².